The van der Waals surface area contributed by atoms with Crippen LogP contribution in [0.25, 0.3) is 0 Å². The Balaban J connectivity index is 2.02. The average molecular weight is 369 g/mol. The molecular weight excluding hydrogens is 342 g/mol. The van der Waals surface area contributed by atoms with Gasteiger partial charge in [-0.1, -0.05) is 19.3 Å². The Labute approximate surface area is 152 Å². The monoisotopic (exact) mass is 369 g/mol. The molecule has 4 amide bonds. The Hall–Kier alpha value is -2.32. The van der Waals surface area contributed by atoms with E-state index in [0.29, 0.717) is 0 Å². The number of carboxylic acid groups (broad SMARTS) is 1. The topological polar surface area (TPSA) is 116 Å². The van der Waals surface area contributed by atoms with Crippen LogP contribution in [-0.4, -0.2) is 69.7 Å². The molecule has 146 valence electrons. The highest BCUT2D eigenvalue weighted by Crippen LogP contribution is 2.28. The maximum absolute atomic E-state index is 12.7. The molecule has 1 saturated heterocycles. The fourth-order valence-corrected chi connectivity index (χ4v) is 3.33. The van der Waals surface area contributed by atoms with Gasteiger partial charge in [-0.25, -0.2) is 19.3 Å². The number of aliphatic carboxylic acids is 1. The molecule has 0 aromatic rings. The van der Waals surface area contributed by atoms with Crippen LogP contribution in [0.5, 0.6) is 0 Å². The van der Waals surface area contributed by atoms with E-state index in [-0.39, 0.29) is 12.6 Å². The number of rotatable bonds is 4. The first kappa shape index (κ1) is 20.0. The molecule has 1 heterocycles. The minimum absolute atomic E-state index is 0.0169. The SMILES string of the molecule is CC(C)(C)OC(=O)NCC(=O)N1C(=O)N(C2CCCCC2)C[C@H]1C(=O)O. The molecule has 2 fully saturated rings. The van der Waals surface area contributed by atoms with Crippen molar-refractivity contribution in [3.8, 4) is 0 Å². The summed E-state index contributed by atoms with van der Waals surface area (Å²) in [5.41, 5.74) is -0.724. The van der Waals surface area contributed by atoms with Crippen molar-refractivity contribution < 1.29 is 29.0 Å². The minimum atomic E-state index is -1.24. The van der Waals surface area contributed by atoms with Crippen LogP contribution in [0, 0.1) is 0 Å². The van der Waals surface area contributed by atoms with E-state index in [4.69, 9.17) is 4.74 Å². The normalized spacial score (nSPS) is 21.7. The lowest BCUT2D eigenvalue weighted by Gasteiger charge is -2.30. The van der Waals surface area contributed by atoms with Gasteiger partial charge in [-0.05, 0) is 33.6 Å². The van der Waals surface area contributed by atoms with Gasteiger partial charge in [0.15, 0.2) is 6.04 Å². The summed E-state index contributed by atoms with van der Waals surface area (Å²) in [4.78, 5) is 50.5. The van der Waals surface area contributed by atoms with E-state index in [9.17, 15) is 24.3 Å². The number of nitrogens with zero attached hydrogens (tertiary/aromatic N) is 2. The van der Waals surface area contributed by atoms with E-state index >= 15 is 0 Å². The molecule has 0 aromatic carbocycles. The molecule has 9 nitrogen and oxygen atoms in total. The van der Waals surface area contributed by atoms with Crippen molar-refractivity contribution in [3.63, 3.8) is 0 Å². The molecule has 1 aliphatic heterocycles. The summed E-state index contributed by atoms with van der Waals surface area (Å²) in [5, 5.41) is 11.7. The van der Waals surface area contributed by atoms with E-state index in [1.54, 1.807) is 20.8 Å². The Kier molecular flexibility index (Phi) is 6.09. The summed E-state index contributed by atoms with van der Waals surface area (Å²) in [7, 11) is 0. The van der Waals surface area contributed by atoms with Crippen molar-refractivity contribution in [1.29, 1.82) is 0 Å². The van der Waals surface area contributed by atoms with Crippen LogP contribution < -0.4 is 5.32 Å². The van der Waals surface area contributed by atoms with Gasteiger partial charge in [0.05, 0.1) is 6.54 Å². The van der Waals surface area contributed by atoms with Gasteiger partial charge in [0.2, 0.25) is 0 Å². The summed E-state index contributed by atoms with van der Waals surface area (Å²) < 4.78 is 5.04. The summed E-state index contributed by atoms with van der Waals surface area (Å²) in [6.07, 6.45) is 3.91. The van der Waals surface area contributed by atoms with Crippen LogP contribution >= 0.6 is 0 Å². The van der Waals surface area contributed by atoms with Gasteiger partial charge in [0.25, 0.3) is 5.91 Å². The number of hydrogen-bond acceptors (Lipinski definition) is 5. The number of nitrogens with one attached hydrogen (secondary N) is 1. The number of alkyl carbamates (subject to hydrolysis) is 1. The van der Waals surface area contributed by atoms with Crippen LogP contribution in [0.1, 0.15) is 52.9 Å². The van der Waals surface area contributed by atoms with Gasteiger partial charge in [0, 0.05) is 6.04 Å². The van der Waals surface area contributed by atoms with Gasteiger partial charge in [-0.15, -0.1) is 0 Å². The third-order valence-electron chi connectivity index (χ3n) is 4.49. The summed E-state index contributed by atoms with van der Waals surface area (Å²) in [6.45, 7) is 4.53. The lowest BCUT2D eigenvalue weighted by Crippen LogP contribution is -2.49. The third kappa shape index (κ3) is 4.86. The second-order valence-corrected chi connectivity index (χ2v) is 7.70. The molecule has 0 unspecified atom stereocenters. The van der Waals surface area contributed by atoms with Gasteiger partial charge in [-0.2, -0.15) is 0 Å². The van der Waals surface area contributed by atoms with Crippen molar-refractivity contribution in [2.45, 2.75) is 70.6 Å². The van der Waals surface area contributed by atoms with Crippen LogP contribution in [0.2, 0.25) is 0 Å². The second kappa shape index (κ2) is 7.92. The molecule has 0 radical (unpaired) electrons. The number of carbonyl (C=O) groups excluding carboxylic acids is 3. The molecule has 9 heteroatoms. The highest BCUT2D eigenvalue weighted by Gasteiger charge is 2.47. The zero-order chi connectivity index (χ0) is 19.5. The zero-order valence-corrected chi connectivity index (χ0v) is 15.5. The smallest absolute Gasteiger partial charge is 0.408 e. The first-order chi connectivity index (χ1) is 12.1. The largest absolute Gasteiger partial charge is 0.480 e. The van der Waals surface area contributed by atoms with Crippen molar-refractivity contribution in [2.75, 3.05) is 13.1 Å². The predicted molar refractivity (Wildman–Crippen MR) is 91.5 cm³/mol. The Morgan fingerprint density at radius 2 is 1.81 bits per heavy atom. The van der Waals surface area contributed by atoms with Crippen molar-refractivity contribution in [2.24, 2.45) is 0 Å². The summed E-state index contributed by atoms with van der Waals surface area (Å²) in [5.74, 6) is -1.99. The number of hydrogen-bond donors (Lipinski definition) is 2. The standard InChI is InChI=1S/C17H27N3O6/c1-17(2,3)26-15(24)18-9-13(21)20-12(14(22)23)10-19(16(20)25)11-7-5-4-6-8-11/h11-12H,4-10H2,1-3H3,(H,18,24)(H,22,23)/t12-/m0/s1. The maximum atomic E-state index is 12.7. The predicted octanol–water partition coefficient (Wildman–Crippen LogP) is 1.56. The zero-order valence-electron chi connectivity index (χ0n) is 15.5. The molecule has 0 aromatic heterocycles. The molecule has 2 N–H and O–H groups in total. The molecule has 2 rings (SSSR count). The molecular formula is C17H27N3O6. The van der Waals surface area contributed by atoms with Crippen molar-refractivity contribution in [3.05, 3.63) is 0 Å². The summed E-state index contributed by atoms with van der Waals surface area (Å²) in [6, 6.07) is -1.87. The van der Waals surface area contributed by atoms with Crippen LogP contribution in [-0.2, 0) is 14.3 Å². The van der Waals surface area contributed by atoms with Crippen molar-refractivity contribution >= 4 is 24.0 Å². The molecule has 1 saturated carbocycles. The molecule has 2 aliphatic rings. The highest BCUT2D eigenvalue weighted by atomic mass is 16.6. The molecule has 1 atom stereocenters. The number of carboxylic acids is 1. The maximum Gasteiger partial charge on any atom is 0.408 e. The van der Waals surface area contributed by atoms with E-state index in [1.807, 2.05) is 0 Å². The summed E-state index contributed by atoms with van der Waals surface area (Å²) >= 11 is 0. The van der Waals surface area contributed by atoms with Gasteiger partial charge < -0.3 is 20.1 Å². The first-order valence-electron chi connectivity index (χ1n) is 8.92. The first-order valence-corrected chi connectivity index (χ1v) is 8.92. The van der Waals surface area contributed by atoms with Crippen LogP contribution in [0.15, 0.2) is 0 Å². The van der Waals surface area contributed by atoms with E-state index in [0.717, 1.165) is 37.0 Å². The molecule has 0 bridgehead atoms. The number of amides is 4. The van der Waals surface area contributed by atoms with Gasteiger partial charge in [0.1, 0.15) is 12.1 Å². The van der Waals surface area contributed by atoms with Gasteiger partial charge in [-0.3, -0.25) is 4.79 Å². The molecule has 26 heavy (non-hydrogen) atoms. The Morgan fingerprint density at radius 1 is 1.19 bits per heavy atom. The number of carbonyl (C=O) groups is 4. The number of ether oxygens (including phenoxy) is 1. The van der Waals surface area contributed by atoms with Crippen molar-refractivity contribution in [1.82, 2.24) is 15.1 Å². The van der Waals surface area contributed by atoms with E-state index in [2.05, 4.69) is 5.32 Å². The number of urea groups is 1. The average Bonchev–Trinajstić information content (AvgIpc) is 2.89. The number of imide groups is 1. The second-order valence-electron chi connectivity index (χ2n) is 7.70. The Morgan fingerprint density at radius 3 is 2.35 bits per heavy atom. The molecule has 1 aliphatic carbocycles. The lowest BCUT2D eigenvalue weighted by atomic mass is 9.94. The lowest BCUT2D eigenvalue weighted by molar-refractivity contribution is -0.145. The highest BCUT2D eigenvalue weighted by molar-refractivity contribution is 6.02. The van der Waals surface area contributed by atoms with E-state index < -0.39 is 42.2 Å². The van der Waals surface area contributed by atoms with Gasteiger partial charge >= 0.3 is 18.1 Å². The van der Waals surface area contributed by atoms with E-state index in [1.165, 1.54) is 4.90 Å². The third-order valence-corrected chi connectivity index (χ3v) is 4.49. The van der Waals surface area contributed by atoms with Crippen LogP contribution in [0.3, 0.4) is 0 Å². The molecule has 0 spiro atoms. The van der Waals surface area contributed by atoms with Crippen LogP contribution in [0.4, 0.5) is 9.59 Å². The fraction of sp³-hybridized carbons (Fsp3) is 0.765. The fourth-order valence-electron chi connectivity index (χ4n) is 3.33. The Bertz CT molecular complexity index is 580. The minimum Gasteiger partial charge on any atom is -0.480 e. The quantitative estimate of drug-likeness (QED) is 0.777.